The summed E-state index contributed by atoms with van der Waals surface area (Å²) >= 11 is 0. The van der Waals surface area contributed by atoms with Crippen molar-refractivity contribution >= 4 is 0 Å². The molecule has 0 heterocycles. The van der Waals surface area contributed by atoms with Gasteiger partial charge in [0.05, 0.1) is 0 Å². The van der Waals surface area contributed by atoms with Crippen molar-refractivity contribution in [1.82, 2.24) is 0 Å². The van der Waals surface area contributed by atoms with Crippen molar-refractivity contribution in [3.63, 3.8) is 0 Å². The van der Waals surface area contributed by atoms with Gasteiger partial charge >= 0.3 is 0 Å². The lowest BCUT2D eigenvalue weighted by Gasteiger charge is -1.90. The maximum absolute atomic E-state index is 7.39. The Balaban J connectivity index is 3.34. The molecule has 0 aliphatic heterocycles. The second kappa shape index (κ2) is 6.00. The fourth-order valence-corrected chi connectivity index (χ4v) is 0.430. The monoisotopic (exact) mass is 106 g/mol. The Labute approximate surface area is 51.1 Å². The van der Waals surface area contributed by atoms with Crippen LogP contribution in [0.4, 0.5) is 0 Å². The molecule has 0 aromatic rings. The summed E-state index contributed by atoms with van der Waals surface area (Å²) in [6.07, 6.45) is 0.689. The van der Waals surface area contributed by atoms with E-state index in [2.05, 4.69) is 0 Å². The fraction of sp³-hybridized carbons (Fsp3) is 1.00. The van der Waals surface area contributed by atoms with Crippen molar-refractivity contribution < 1.29 is 4.11 Å². The van der Waals surface area contributed by atoms with Gasteiger partial charge in [-0.1, -0.05) is 45.9 Å². The molecule has 0 saturated heterocycles. The zero-order valence-electron chi connectivity index (χ0n) is 8.15. The first kappa shape index (κ1) is 3.11. The number of hydrogen-bond acceptors (Lipinski definition) is 0. The molecule has 0 aromatic heterocycles. The predicted molar refractivity (Wildman–Crippen MR) is 34.4 cm³/mol. The van der Waals surface area contributed by atoms with Crippen molar-refractivity contribution in [2.45, 2.75) is 45.9 Å². The van der Waals surface area contributed by atoms with Crippen LogP contribution in [0.25, 0.3) is 0 Å². The minimum absolute atomic E-state index is 0.152. The minimum Gasteiger partial charge on any atom is -0.0654 e. The van der Waals surface area contributed by atoms with Crippen LogP contribution in [0.3, 0.4) is 0 Å². The molecule has 7 heavy (non-hydrogen) atoms. The molecule has 2 unspecified atom stereocenters. The molecule has 0 heteroatoms. The van der Waals surface area contributed by atoms with Gasteiger partial charge in [-0.25, -0.2) is 0 Å². The van der Waals surface area contributed by atoms with Crippen LogP contribution in [0.2, 0.25) is 0 Å². The van der Waals surface area contributed by atoms with Crippen LogP contribution in [-0.4, -0.2) is 0 Å². The molecule has 0 nitrogen and oxygen atoms in total. The zero-order valence-corrected chi connectivity index (χ0v) is 5.15. The highest BCUT2D eigenvalue weighted by Crippen LogP contribution is 2.00. The van der Waals surface area contributed by atoms with Gasteiger partial charge in [-0.2, -0.15) is 0 Å². The van der Waals surface area contributed by atoms with Gasteiger partial charge in [0, 0.05) is 4.11 Å². The van der Waals surface area contributed by atoms with E-state index >= 15 is 0 Å². The number of rotatable bonds is 4. The maximum atomic E-state index is 7.39. The quantitative estimate of drug-likeness (QED) is 0.517. The Hall–Kier alpha value is 0. The zero-order chi connectivity index (χ0) is 8.15. The molecule has 0 bridgehead atoms. The molecule has 0 fully saturated rings. The average Bonchev–Trinajstić information content (AvgIpc) is 1.58. The standard InChI is InChI=1S/C7H16/c1-3-5-7-6-4-2/h3-7H2,1-2H3/i3T,4T,7T. The average molecular weight is 106 g/mol. The molecule has 2 atom stereocenters. The summed E-state index contributed by atoms with van der Waals surface area (Å²) in [6, 6.07) is 0. The third-order valence-corrected chi connectivity index (χ3v) is 0.805. The van der Waals surface area contributed by atoms with E-state index in [1.165, 1.54) is 0 Å². The summed E-state index contributed by atoms with van der Waals surface area (Å²) in [5.41, 5.74) is 0. The van der Waals surface area contributed by atoms with Crippen molar-refractivity contribution in [2.75, 3.05) is 0 Å². The van der Waals surface area contributed by atoms with Crippen molar-refractivity contribution in [3.8, 4) is 0 Å². The fourth-order valence-electron chi connectivity index (χ4n) is 0.430. The van der Waals surface area contributed by atoms with Crippen LogP contribution in [-0.2, 0) is 0 Å². The first-order valence-electron chi connectivity index (χ1n) is 4.52. The second-order valence-electron chi connectivity index (χ2n) is 1.58. The Bertz CT molecular complexity index is 70.9. The lowest BCUT2D eigenvalue weighted by atomic mass is 10.2. The van der Waals surface area contributed by atoms with Crippen LogP contribution < -0.4 is 0 Å². The molecular formula is C7H16. The lowest BCUT2D eigenvalue weighted by molar-refractivity contribution is 0.656. The van der Waals surface area contributed by atoms with Gasteiger partial charge in [-0.15, -0.1) is 0 Å². The molecule has 0 radical (unpaired) electrons. The van der Waals surface area contributed by atoms with E-state index < -0.39 is 0 Å². The van der Waals surface area contributed by atoms with E-state index in [0.29, 0.717) is 12.8 Å². The summed E-state index contributed by atoms with van der Waals surface area (Å²) in [7, 11) is 0. The summed E-state index contributed by atoms with van der Waals surface area (Å²) in [5.74, 6) is 0. The van der Waals surface area contributed by atoms with Crippen LogP contribution in [0.15, 0.2) is 0 Å². The van der Waals surface area contributed by atoms with Gasteiger partial charge in [0.25, 0.3) is 0 Å². The largest absolute Gasteiger partial charge is 0.0654 e. The van der Waals surface area contributed by atoms with Gasteiger partial charge in [0.2, 0.25) is 0 Å². The highest BCUT2D eigenvalue weighted by molar-refractivity contribution is 4.35. The Morgan fingerprint density at radius 3 is 1.86 bits per heavy atom. The second-order valence-corrected chi connectivity index (χ2v) is 1.58. The van der Waals surface area contributed by atoms with Gasteiger partial charge in [-0.05, 0) is 0 Å². The van der Waals surface area contributed by atoms with E-state index in [4.69, 9.17) is 4.11 Å². The number of hydrogen-bond donors (Lipinski definition) is 0. The molecule has 0 aromatic carbocycles. The first-order chi connectivity index (χ1) is 4.52. The van der Waals surface area contributed by atoms with Crippen LogP contribution in [0.5, 0.6) is 0 Å². The lowest BCUT2D eigenvalue weighted by Crippen LogP contribution is -1.70. The topological polar surface area (TPSA) is 0 Å². The van der Waals surface area contributed by atoms with Gasteiger partial charge < -0.3 is 0 Å². The summed E-state index contributed by atoms with van der Waals surface area (Å²) in [5, 5.41) is 0. The molecule has 0 saturated carbocycles. The van der Waals surface area contributed by atoms with Crippen LogP contribution in [0, 0.1) is 0 Å². The molecule has 44 valence electrons. The normalized spacial score (nSPS) is 29.1. The van der Waals surface area contributed by atoms with Gasteiger partial charge in [0.15, 0.2) is 0 Å². The van der Waals surface area contributed by atoms with E-state index in [-0.39, 0.29) is 19.2 Å². The third kappa shape index (κ3) is 6.00. The highest BCUT2D eigenvalue weighted by atomic mass is 13.9. The van der Waals surface area contributed by atoms with Crippen LogP contribution in [0.1, 0.15) is 50.0 Å². The highest BCUT2D eigenvalue weighted by Gasteiger charge is 1.80. The third-order valence-electron chi connectivity index (χ3n) is 0.805. The molecule has 0 N–H and O–H groups in total. The molecule has 0 amide bonds. The van der Waals surface area contributed by atoms with Gasteiger partial charge in [0.1, 0.15) is 0 Å². The maximum Gasteiger partial charge on any atom is 0.0267 e. The van der Waals surface area contributed by atoms with E-state index in [1.54, 1.807) is 13.8 Å². The minimum atomic E-state index is -0.208. The van der Waals surface area contributed by atoms with Crippen LogP contribution >= 0.6 is 0 Å². The van der Waals surface area contributed by atoms with E-state index in [1.807, 2.05) is 0 Å². The molecule has 0 rings (SSSR count). The smallest absolute Gasteiger partial charge is 0.0267 e. The van der Waals surface area contributed by atoms with Gasteiger partial charge in [-0.3, -0.25) is 0 Å². The Kier molecular flexibility index (Phi) is 2.67. The summed E-state index contributed by atoms with van der Waals surface area (Å²) in [6.45, 7) is 3.58. The Morgan fingerprint density at radius 2 is 1.57 bits per heavy atom. The molecule has 0 spiro atoms. The predicted octanol–water partition coefficient (Wildman–Crippen LogP) is 2.98. The molecule has 0 aliphatic carbocycles. The van der Waals surface area contributed by atoms with Crippen molar-refractivity contribution in [2.24, 2.45) is 0 Å². The van der Waals surface area contributed by atoms with Crippen molar-refractivity contribution in [1.29, 1.82) is 0 Å². The SMILES string of the molecule is [3H]C(C)CC([3H])CC([3H])C. The Morgan fingerprint density at radius 1 is 1.14 bits per heavy atom. The first-order valence-corrected chi connectivity index (χ1v) is 2.79. The van der Waals surface area contributed by atoms with E-state index in [9.17, 15) is 0 Å². The summed E-state index contributed by atoms with van der Waals surface area (Å²) < 4.78 is 21.7. The van der Waals surface area contributed by atoms with E-state index in [0.717, 1.165) is 0 Å². The summed E-state index contributed by atoms with van der Waals surface area (Å²) in [4.78, 5) is 0. The molecule has 0 aliphatic rings. The van der Waals surface area contributed by atoms with Crippen molar-refractivity contribution in [3.05, 3.63) is 0 Å². The molecular weight excluding hydrogens is 84.1 g/mol.